The molecule has 1 unspecified atom stereocenters. The van der Waals surface area contributed by atoms with E-state index < -0.39 is 0 Å². The molecule has 1 N–H and O–H groups in total. The zero-order chi connectivity index (χ0) is 12.1. The van der Waals surface area contributed by atoms with Gasteiger partial charge in [-0.2, -0.15) is 16.7 Å². The van der Waals surface area contributed by atoms with Gasteiger partial charge in [0.15, 0.2) is 5.65 Å². The molecule has 4 nitrogen and oxygen atoms in total. The van der Waals surface area contributed by atoms with Crippen molar-refractivity contribution in [2.75, 3.05) is 16.8 Å². The highest BCUT2D eigenvalue weighted by molar-refractivity contribution is 7.99. The SMILES string of the molecule is CCSCCC(C)Nc1nc2ccccn2n1. The van der Waals surface area contributed by atoms with Gasteiger partial charge in [0.1, 0.15) is 0 Å². The summed E-state index contributed by atoms with van der Waals surface area (Å²) in [5.74, 6) is 3.07. The number of nitrogens with zero attached hydrogens (tertiary/aromatic N) is 3. The van der Waals surface area contributed by atoms with E-state index in [0.717, 1.165) is 12.1 Å². The second-order valence-corrected chi connectivity index (χ2v) is 5.36. The van der Waals surface area contributed by atoms with E-state index in [2.05, 4.69) is 29.2 Å². The zero-order valence-corrected chi connectivity index (χ0v) is 11.1. The summed E-state index contributed by atoms with van der Waals surface area (Å²) in [6.07, 6.45) is 3.04. The molecule has 0 fully saturated rings. The highest BCUT2D eigenvalue weighted by Gasteiger charge is 2.06. The average molecular weight is 250 g/mol. The van der Waals surface area contributed by atoms with Gasteiger partial charge in [0.2, 0.25) is 5.95 Å². The first kappa shape index (κ1) is 12.2. The first-order chi connectivity index (χ1) is 8.29. The van der Waals surface area contributed by atoms with Crippen LogP contribution in [0, 0.1) is 0 Å². The van der Waals surface area contributed by atoms with Crippen molar-refractivity contribution >= 4 is 23.4 Å². The van der Waals surface area contributed by atoms with Crippen LogP contribution in [0.1, 0.15) is 20.3 Å². The summed E-state index contributed by atoms with van der Waals surface area (Å²) in [7, 11) is 0. The van der Waals surface area contributed by atoms with Crippen LogP contribution in [0.5, 0.6) is 0 Å². The lowest BCUT2D eigenvalue weighted by Crippen LogP contribution is -2.17. The highest BCUT2D eigenvalue weighted by atomic mass is 32.2. The first-order valence-corrected chi connectivity index (χ1v) is 7.10. The number of hydrogen-bond acceptors (Lipinski definition) is 4. The van der Waals surface area contributed by atoms with Crippen molar-refractivity contribution in [3.8, 4) is 0 Å². The van der Waals surface area contributed by atoms with Gasteiger partial charge < -0.3 is 5.32 Å². The minimum absolute atomic E-state index is 0.409. The molecule has 2 heterocycles. The van der Waals surface area contributed by atoms with Crippen molar-refractivity contribution in [3.63, 3.8) is 0 Å². The van der Waals surface area contributed by atoms with E-state index in [1.807, 2.05) is 36.2 Å². The fourth-order valence-corrected chi connectivity index (χ4v) is 2.40. The second-order valence-electron chi connectivity index (χ2n) is 3.97. The highest BCUT2D eigenvalue weighted by Crippen LogP contribution is 2.09. The Kier molecular flexibility index (Phi) is 4.25. The Hall–Kier alpha value is -1.23. The van der Waals surface area contributed by atoms with Crippen LogP contribution in [0.3, 0.4) is 0 Å². The normalized spacial score (nSPS) is 12.8. The Labute approximate surface area is 106 Å². The molecule has 0 bridgehead atoms. The predicted octanol–water partition coefficient (Wildman–Crippen LogP) is 2.67. The van der Waals surface area contributed by atoms with Crippen molar-refractivity contribution < 1.29 is 0 Å². The van der Waals surface area contributed by atoms with E-state index in [1.165, 1.54) is 11.5 Å². The number of fused-ring (bicyclic) bond motifs is 1. The van der Waals surface area contributed by atoms with Crippen LogP contribution in [-0.2, 0) is 0 Å². The topological polar surface area (TPSA) is 42.2 Å². The van der Waals surface area contributed by atoms with Gasteiger partial charge in [-0.25, -0.2) is 4.52 Å². The predicted molar refractivity (Wildman–Crippen MR) is 73.7 cm³/mol. The Morgan fingerprint density at radius 3 is 3.12 bits per heavy atom. The number of thioether (sulfide) groups is 1. The van der Waals surface area contributed by atoms with E-state index in [0.29, 0.717) is 12.0 Å². The summed E-state index contributed by atoms with van der Waals surface area (Å²) in [5.41, 5.74) is 0.880. The molecule has 0 saturated carbocycles. The molecule has 0 spiro atoms. The molecule has 5 heteroatoms. The molecule has 92 valence electrons. The van der Waals surface area contributed by atoms with Gasteiger partial charge in [-0.15, -0.1) is 5.10 Å². The number of nitrogens with one attached hydrogen (secondary N) is 1. The van der Waals surface area contributed by atoms with Crippen molar-refractivity contribution in [1.29, 1.82) is 0 Å². The fourth-order valence-electron chi connectivity index (χ4n) is 1.59. The number of aromatic nitrogens is 3. The third-order valence-corrected chi connectivity index (χ3v) is 3.45. The van der Waals surface area contributed by atoms with Crippen LogP contribution in [0.4, 0.5) is 5.95 Å². The molecule has 2 rings (SSSR count). The Morgan fingerprint density at radius 2 is 2.35 bits per heavy atom. The van der Waals surface area contributed by atoms with Crippen LogP contribution in [-0.4, -0.2) is 32.1 Å². The Morgan fingerprint density at radius 1 is 1.47 bits per heavy atom. The molecule has 2 aromatic rings. The third-order valence-electron chi connectivity index (χ3n) is 2.52. The minimum atomic E-state index is 0.409. The minimum Gasteiger partial charge on any atom is -0.350 e. The smallest absolute Gasteiger partial charge is 0.243 e. The number of anilines is 1. The molecule has 0 saturated heterocycles. The zero-order valence-electron chi connectivity index (χ0n) is 10.3. The van der Waals surface area contributed by atoms with E-state index in [-0.39, 0.29) is 0 Å². The monoisotopic (exact) mass is 250 g/mol. The van der Waals surface area contributed by atoms with Gasteiger partial charge in [-0.05, 0) is 37.0 Å². The van der Waals surface area contributed by atoms with E-state index >= 15 is 0 Å². The maximum atomic E-state index is 4.41. The molecular formula is C12H18N4S. The summed E-state index contributed by atoms with van der Waals surface area (Å²) in [4.78, 5) is 4.41. The van der Waals surface area contributed by atoms with Crippen molar-refractivity contribution in [2.24, 2.45) is 0 Å². The lowest BCUT2D eigenvalue weighted by atomic mass is 10.3. The maximum Gasteiger partial charge on any atom is 0.243 e. The van der Waals surface area contributed by atoms with Gasteiger partial charge in [0, 0.05) is 12.2 Å². The molecule has 0 aliphatic heterocycles. The fraction of sp³-hybridized carbons (Fsp3) is 0.500. The molecule has 17 heavy (non-hydrogen) atoms. The van der Waals surface area contributed by atoms with Crippen LogP contribution in [0.15, 0.2) is 24.4 Å². The van der Waals surface area contributed by atoms with E-state index in [4.69, 9.17) is 0 Å². The van der Waals surface area contributed by atoms with Gasteiger partial charge in [-0.3, -0.25) is 0 Å². The van der Waals surface area contributed by atoms with Gasteiger partial charge in [0.25, 0.3) is 0 Å². The second kappa shape index (κ2) is 5.91. The lowest BCUT2D eigenvalue weighted by molar-refractivity contribution is 0.758. The Bertz CT molecular complexity index is 435. The molecule has 1 atom stereocenters. The standard InChI is InChI=1S/C12H18N4S/c1-3-17-9-7-10(2)13-12-14-11-6-4-5-8-16(11)15-12/h4-6,8,10H,3,7,9H2,1-2H3,(H,13,15). The third kappa shape index (κ3) is 3.36. The average Bonchev–Trinajstić information content (AvgIpc) is 2.71. The van der Waals surface area contributed by atoms with Crippen LogP contribution < -0.4 is 5.32 Å². The number of pyridine rings is 1. The first-order valence-electron chi connectivity index (χ1n) is 5.95. The summed E-state index contributed by atoms with van der Waals surface area (Å²) in [6, 6.07) is 6.28. The number of rotatable bonds is 6. The summed E-state index contributed by atoms with van der Waals surface area (Å²) in [5, 5.41) is 7.70. The largest absolute Gasteiger partial charge is 0.350 e. The molecule has 0 aliphatic rings. The molecule has 2 aromatic heterocycles. The van der Waals surface area contributed by atoms with Gasteiger partial charge in [0.05, 0.1) is 0 Å². The molecule has 0 aliphatic carbocycles. The summed E-state index contributed by atoms with van der Waals surface area (Å²) in [6.45, 7) is 4.36. The van der Waals surface area contributed by atoms with Gasteiger partial charge in [-0.1, -0.05) is 13.0 Å². The quantitative estimate of drug-likeness (QED) is 0.800. The van der Waals surface area contributed by atoms with Crippen molar-refractivity contribution in [3.05, 3.63) is 24.4 Å². The molecule has 0 radical (unpaired) electrons. The molecule has 0 aromatic carbocycles. The summed E-state index contributed by atoms with van der Waals surface area (Å²) >= 11 is 1.97. The van der Waals surface area contributed by atoms with Crippen LogP contribution in [0.2, 0.25) is 0 Å². The lowest BCUT2D eigenvalue weighted by Gasteiger charge is -2.10. The van der Waals surface area contributed by atoms with Gasteiger partial charge >= 0.3 is 0 Å². The Balaban J connectivity index is 1.93. The van der Waals surface area contributed by atoms with E-state index in [9.17, 15) is 0 Å². The maximum absolute atomic E-state index is 4.41. The van der Waals surface area contributed by atoms with E-state index in [1.54, 1.807) is 4.52 Å². The van der Waals surface area contributed by atoms with Crippen LogP contribution >= 0.6 is 11.8 Å². The van der Waals surface area contributed by atoms with Crippen molar-refractivity contribution in [2.45, 2.75) is 26.3 Å². The molecule has 0 amide bonds. The summed E-state index contributed by atoms with van der Waals surface area (Å²) < 4.78 is 1.79. The number of hydrogen-bond donors (Lipinski definition) is 1. The van der Waals surface area contributed by atoms with Crippen molar-refractivity contribution in [1.82, 2.24) is 14.6 Å². The van der Waals surface area contributed by atoms with Crippen LogP contribution in [0.25, 0.3) is 5.65 Å². The molecular weight excluding hydrogens is 232 g/mol.